The van der Waals surface area contributed by atoms with Gasteiger partial charge in [0.15, 0.2) is 18.1 Å². The number of benzene rings is 2. The molecule has 30 heavy (non-hydrogen) atoms. The lowest BCUT2D eigenvalue weighted by Crippen LogP contribution is -2.38. The van der Waals surface area contributed by atoms with Crippen LogP contribution in [0.25, 0.3) is 0 Å². The van der Waals surface area contributed by atoms with E-state index >= 15 is 0 Å². The molecule has 1 aliphatic rings. The van der Waals surface area contributed by atoms with Crippen LogP contribution in [0.1, 0.15) is 36.5 Å². The Hall–Kier alpha value is -2.25. The lowest BCUT2D eigenvalue weighted by molar-refractivity contribution is -0.134. The third kappa shape index (κ3) is 5.89. The first kappa shape index (κ1) is 22.4. The fraction of sp³-hybridized carbons (Fsp3) is 0.364. The molecule has 0 unspecified atom stereocenters. The van der Waals surface area contributed by atoms with Crippen molar-refractivity contribution >= 4 is 45.0 Å². The fourth-order valence-electron chi connectivity index (χ4n) is 3.20. The first-order valence-electron chi connectivity index (χ1n) is 9.91. The molecule has 1 heterocycles. The molecule has 0 aromatic heterocycles. The van der Waals surface area contributed by atoms with Gasteiger partial charge in [-0.25, -0.2) is 0 Å². The number of carbonyl (C=O) groups is 2. The van der Waals surface area contributed by atoms with Crippen molar-refractivity contribution in [1.29, 1.82) is 0 Å². The maximum Gasteiger partial charge on any atom is 0.260 e. The maximum absolute atomic E-state index is 12.7. The Morgan fingerprint density at radius 2 is 1.83 bits per heavy atom. The predicted octanol–water partition coefficient (Wildman–Crippen LogP) is 5.14. The molecular formula is C22H24BrClN2O4. The molecule has 2 aromatic carbocycles. The largest absolute Gasteiger partial charge is 0.490 e. The average Bonchev–Trinajstić information content (AvgIpc) is 2.75. The van der Waals surface area contributed by atoms with Crippen molar-refractivity contribution in [1.82, 2.24) is 4.90 Å². The van der Waals surface area contributed by atoms with Gasteiger partial charge in [-0.1, -0.05) is 27.5 Å². The molecule has 0 bridgehead atoms. The van der Waals surface area contributed by atoms with Crippen LogP contribution < -0.4 is 14.8 Å². The summed E-state index contributed by atoms with van der Waals surface area (Å²) in [6, 6.07) is 10.1. The molecule has 0 spiro atoms. The molecule has 1 fully saturated rings. The number of ether oxygens (including phenoxy) is 2. The Balaban J connectivity index is 1.69. The summed E-state index contributed by atoms with van der Waals surface area (Å²) < 4.78 is 12.2. The Morgan fingerprint density at radius 3 is 2.53 bits per heavy atom. The number of piperidine rings is 1. The van der Waals surface area contributed by atoms with Crippen molar-refractivity contribution in [2.24, 2.45) is 0 Å². The van der Waals surface area contributed by atoms with Gasteiger partial charge in [-0.3, -0.25) is 9.59 Å². The van der Waals surface area contributed by atoms with Gasteiger partial charge < -0.3 is 19.7 Å². The average molecular weight is 496 g/mol. The second-order valence-corrected chi connectivity index (χ2v) is 8.23. The highest BCUT2D eigenvalue weighted by Gasteiger charge is 2.18. The van der Waals surface area contributed by atoms with Crippen molar-refractivity contribution < 1.29 is 19.1 Å². The minimum absolute atomic E-state index is 0.0381. The van der Waals surface area contributed by atoms with Crippen molar-refractivity contribution in [3.05, 3.63) is 51.5 Å². The van der Waals surface area contributed by atoms with Gasteiger partial charge in [0.05, 0.1) is 17.3 Å². The Bertz CT molecular complexity index is 916. The quantitative estimate of drug-likeness (QED) is 0.577. The highest BCUT2D eigenvalue weighted by atomic mass is 79.9. The molecule has 1 saturated heterocycles. The summed E-state index contributed by atoms with van der Waals surface area (Å²) in [6.07, 6.45) is 3.22. The molecule has 1 N–H and O–H groups in total. The van der Waals surface area contributed by atoms with Gasteiger partial charge in [0.1, 0.15) is 0 Å². The summed E-state index contributed by atoms with van der Waals surface area (Å²) in [5.41, 5.74) is 0.905. The second kappa shape index (κ2) is 10.7. The zero-order chi connectivity index (χ0) is 21.5. The third-order valence-electron chi connectivity index (χ3n) is 4.74. The molecule has 6 nitrogen and oxygen atoms in total. The zero-order valence-electron chi connectivity index (χ0n) is 16.7. The van der Waals surface area contributed by atoms with E-state index in [1.807, 2.05) is 11.8 Å². The number of amides is 2. The summed E-state index contributed by atoms with van der Waals surface area (Å²) in [7, 11) is 0. The third-order valence-corrected chi connectivity index (χ3v) is 5.55. The van der Waals surface area contributed by atoms with Crippen LogP contribution in [-0.4, -0.2) is 43.0 Å². The van der Waals surface area contributed by atoms with E-state index in [0.29, 0.717) is 34.4 Å². The Kier molecular flexibility index (Phi) is 7.99. The van der Waals surface area contributed by atoms with Crippen LogP contribution in [0.2, 0.25) is 5.02 Å². The van der Waals surface area contributed by atoms with Gasteiger partial charge >= 0.3 is 0 Å². The molecular weight excluding hydrogens is 472 g/mol. The number of likely N-dealkylation sites (tertiary alicyclic amines) is 1. The normalized spacial score (nSPS) is 13.6. The Labute approximate surface area is 189 Å². The molecule has 3 rings (SSSR count). The highest BCUT2D eigenvalue weighted by Crippen LogP contribution is 2.30. The SMILES string of the molecule is CCOc1cc(C(=O)Nc2ccc(Br)cc2Cl)ccc1OCC(=O)N1CCCCC1. The number of carbonyl (C=O) groups excluding carboxylic acids is 2. The summed E-state index contributed by atoms with van der Waals surface area (Å²) in [4.78, 5) is 26.8. The number of hydrogen-bond donors (Lipinski definition) is 1. The van der Waals surface area contributed by atoms with Crippen LogP contribution in [0.3, 0.4) is 0 Å². The van der Waals surface area contributed by atoms with Crippen LogP contribution in [0.4, 0.5) is 5.69 Å². The fourth-order valence-corrected chi connectivity index (χ4v) is 3.92. The summed E-state index contributed by atoms with van der Waals surface area (Å²) in [6.45, 7) is 3.74. The highest BCUT2D eigenvalue weighted by molar-refractivity contribution is 9.10. The number of rotatable bonds is 7. The van der Waals surface area contributed by atoms with Gasteiger partial charge in [0.2, 0.25) is 0 Å². The van der Waals surface area contributed by atoms with Crippen LogP contribution in [0.15, 0.2) is 40.9 Å². The van der Waals surface area contributed by atoms with Crippen molar-refractivity contribution in [2.75, 3.05) is 31.6 Å². The molecule has 0 radical (unpaired) electrons. The molecule has 160 valence electrons. The standard InChI is InChI=1S/C22H24BrClN2O4/c1-2-29-20-12-15(22(28)25-18-8-7-16(23)13-17(18)24)6-9-19(20)30-14-21(27)26-10-4-3-5-11-26/h6-9,12-13H,2-5,10-11,14H2,1H3,(H,25,28). The van der Waals surface area contributed by atoms with Crippen LogP contribution in [0.5, 0.6) is 11.5 Å². The summed E-state index contributed by atoms with van der Waals surface area (Å²) >= 11 is 9.51. The van der Waals surface area contributed by atoms with Gasteiger partial charge in [-0.05, 0) is 62.6 Å². The van der Waals surface area contributed by atoms with Gasteiger partial charge in [-0.2, -0.15) is 0 Å². The minimum Gasteiger partial charge on any atom is -0.490 e. The lowest BCUT2D eigenvalue weighted by atomic mass is 10.1. The zero-order valence-corrected chi connectivity index (χ0v) is 19.1. The van der Waals surface area contributed by atoms with Crippen LogP contribution in [0, 0.1) is 0 Å². The second-order valence-electron chi connectivity index (χ2n) is 6.90. The van der Waals surface area contributed by atoms with Crippen LogP contribution >= 0.6 is 27.5 Å². The lowest BCUT2D eigenvalue weighted by Gasteiger charge is -2.26. The first-order chi connectivity index (χ1) is 14.5. The molecule has 8 heteroatoms. The van der Waals surface area contributed by atoms with Gasteiger partial charge in [-0.15, -0.1) is 0 Å². The number of halogens is 2. The number of hydrogen-bond acceptors (Lipinski definition) is 4. The van der Waals surface area contributed by atoms with Gasteiger partial charge in [0, 0.05) is 23.1 Å². The molecule has 0 saturated carbocycles. The van der Waals surface area contributed by atoms with Gasteiger partial charge in [0.25, 0.3) is 11.8 Å². The molecule has 0 aliphatic carbocycles. The van der Waals surface area contributed by atoms with E-state index in [2.05, 4.69) is 21.2 Å². The van der Waals surface area contributed by atoms with E-state index in [9.17, 15) is 9.59 Å². The van der Waals surface area contributed by atoms with E-state index in [-0.39, 0.29) is 18.4 Å². The topological polar surface area (TPSA) is 67.9 Å². The molecule has 2 aromatic rings. The Morgan fingerprint density at radius 1 is 1.07 bits per heavy atom. The number of anilines is 1. The molecule has 1 aliphatic heterocycles. The smallest absolute Gasteiger partial charge is 0.260 e. The number of nitrogens with one attached hydrogen (secondary N) is 1. The number of nitrogens with zero attached hydrogens (tertiary/aromatic N) is 1. The monoisotopic (exact) mass is 494 g/mol. The summed E-state index contributed by atoms with van der Waals surface area (Å²) in [5, 5.41) is 3.22. The molecule has 0 atom stereocenters. The van der Waals surface area contributed by atoms with E-state index in [0.717, 1.165) is 36.8 Å². The van der Waals surface area contributed by atoms with E-state index in [4.69, 9.17) is 21.1 Å². The van der Waals surface area contributed by atoms with Crippen molar-refractivity contribution in [2.45, 2.75) is 26.2 Å². The van der Waals surface area contributed by atoms with Crippen molar-refractivity contribution in [3.8, 4) is 11.5 Å². The van der Waals surface area contributed by atoms with Crippen molar-refractivity contribution in [3.63, 3.8) is 0 Å². The molecule has 2 amide bonds. The first-order valence-corrected chi connectivity index (χ1v) is 11.1. The maximum atomic E-state index is 12.7. The van der Waals surface area contributed by atoms with E-state index in [1.54, 1.807) is 36.4 Å². The van der Waals surface area contributed by atoms with E-state index < -0.39 is 0 Å². The van der Waals surface area contributed by atoms with E-state index in [1.165, 1.54) is 0 Å². The van der Waals surface area contributed by atoms with Crippen LogP contribution in [-0.2, 0) is 4.79 Å². The summed E-state index contributed by atoms with van der Waals surface area (Å²) in [5.74, 6) is 0.485. The minimum atomic E-state index is -0.323. The predicted molar refractivity (Wildman–Crippen MR) is 121 cm³/mol.